The average Bonchev–Trinajstić information content (AvgIpc) is 2.39. The van der Waals surface area contributed by atoms with Crippen LogP contribution in [-0.4, -0.2) is 28.8 Å². The number of rotatable bonds is 7. The maximum Gasteiger partial charge on any atom is 0.269 e. The van der Waals surface area contributed by atoms with Gasteiger partial charge in [-0.3, -0.25) is 14.9 Å². The zero-order valence-electron chi connectivity index (χ0n) is 11.9. The fraction of sp³-hybridized carbons (Fsp3) is 0.500. The number of amides is 1. The molecule has 0 spiro atoms. The highest BCUT2D eigenvalue weighted by molar-refractivity contribution is 5.76. The SMILES string of the molecule is CCCC(N)CC(=O)N(C)Cc1cccc([N+](=O)[O-])c1. The number of nitrogens with two attached hydrogens (primary N) is 1. The monoisotopic (exact) mass is 279 g/mol. The number of nitro benzene ring substituents is 1. The average molecular weight is 279 g/mol. The lowest BCUT2D eigenvalue weighted by Gasteiger charge is -2.19. The quantitative estimate of drug-likeness (QED) is 0.611. The van der Waals surface area contributed by atoms with E-state index in [0.29, 0.717) is 13.0 Å². The van der Waals surface area contributed by atoms with Gasteiger partial charge in [0.1, 0.15) is 0 Å². The molecule has 0 aliphatic rings. The van der Waals surface area contributed by atoms with Crippen LogP contribution >= 0.6 is 0 Å². The van der Waals surface area contributed by atoms with Crippen LogP contribution in [0, 0.1) is 10.1 Å². The molecule has 6 heteroatoms. The summed E-state index contributed by atoms with van der Waals surface area (Å²) in [4.78, 5) is 23.8. The lowest BCUT2D eigenvalue weighted by atomic mass is 10.1. The van der Waals surface area contributed by atoms with Crippen LogP contribution in [0.4, 0.5) is 5.69 Å². The van der Waals surface area contributed by atoms with Gasteiger partial charge in [-0.2, -0.15) is 0 Å². The Kier molecular flexibility index (Phi) is 6.11. The predicted molar refractivity (Wildman–Crippen MR) is 77.1 cm³/mol. The number of benzene rings is 1. The number of carbonyl (C=O) groups is 1. The Morgan fingerprint density at radius 2 is 2.20 bits per heavy atom. The summed E-state index contributed by atoms with van der Waals surface area (Å²) in [7, 11) is 1.68. The molecule has 0 saturated heterocycles. The molecule has 1 aromatic carbocycles. The van der Waals surface area contributed by atoms with Crippen molar-refractivity contribution < 1.29 is 9.72 Å². The molecular weight excluding hydrogens is 258 g/mol. The van der Waals surface area contributed by atoms with Gasteiger partial charge in [0.05, 0.1) is 4.92 Å². The minimum absolute atomic E-state index is 0.0334. The molecule has 20 heavy (non-hydrogen) atoms. The van der Waals surface area contributed by atoms with Crippen molar-refractivity contribution in [1.29, 1.82) is 0 Å². The van der Waals surface area contributed by atoms with Crippen molar-refractivity contribution in [3.8, 4) is 0 Å². The Morgan fingerprint density at radius 1 is 1.50 bits per heavy atom. The van der Waals surface area contributed by atoms with E-state index in [9.17, 15) is 14.9 Å². The highest BCUT2D eigenvalue weighted by Crippen LogP contribution is 2.15. The van der Waals surface area contributed by atoms with E-state index in [1.807, 2.05) is 6.92 Å². The van der Waals surface area contributed by atoms with Crippen LogP contribution in [0.25, 0.3) is 0 Å². The highest BCUT2D eigenvalue weighted by atomic mass is 16.6. The number of nitrogens with zero attached hydrogens (tertiary/aromatic N) is 2. The molecule has 1 unspecified atom stereocenters. The second-order valence-corrected chi connectivity index (χ2v) is 4.93. The van der Waals surface area contributed by atoms with Crippen molar-refractivity contribution in [1.82, 2.24) is 4.90 Å². The smallest absolute Gasteiger partial charge is 0.269 e. The fourth-order valence-electron chi connectivity index (χ4n) is 1.98. The Labute approximate surface area is 118 Å². The van der Waals surface area contributed by atoms with E-state index in [0.717, 1.165) is 18.4 Å². The third-order valence-corrected chi connectivity index (χ3v) is 3.06. The molecular formula is C14H21N3O3. The van der Waals surface area contributed by atoms with Gasteiger partial charge in [-0.25, -0.2) is 0 Å². The minimum Gasteiger partial charge on any atom is -0.341 e. The van der Waals surface area contributed by atoms with Crippen molar-refractivity contribution in [2.45, 2.75) is 38.8 Å². The molecule has 110 valence electrons. The molecule has 0 aromatic heterocycles. The summed E-state index contributed by atoms with van der Waals surface area (Å²) < 4.78 is 0. The predicted octanol–water partition coefficient (Wildman–Crippen LogP) is 2.07. The van der Waals surface area contributed by atoms with Crippen LogP contribution in [0.3, 0.4) is 0 Å². The first-order chi connectivity index (χ1) is 9.43. The summed E-state index contributed by atoms with van der Waals surface area (Å²) in [6, 6.07) is 6.18. The molecule has 1 atom stereocenters. The van der Waals surface area contributed by atoms with Gasteiger partial charge in [0, 0.05) is 38.2 Å². The lowest BCUT2D eigenvalue weighted by Crippen LogP contribution is -2.32. The van der Waals surface area contributed by atoms with E-state index in [1.54, 1.807) is 24.1 Å². The molecule has 0 radical (unpaired) electrons. The molecule has 6 nitrogen and oxygen atoms in total. The Balaban J connectivity index is 2.61. The Bertz CT molecular complexity index is 476. The van der Waals surface area contributed by atoms with Gasteiger partial charge in [-0.15, -0.1) is 0 Å². The fourth-order valence-corrected chi connectivity index (χ4v) is 1.98. The van der Waals surface area contributed by atoms with Crippen molar-refractivity contribution >= 4 is 11.6 Å². The van der Waals surface area contributed by atoms with Gasteiger partial charge >= 0.3 is 0 Å². The van der Waals surface area contributed by atoms with Crippen LogP contribution in [-0.2, 0) is 11.3 Å². The Hall–Kier alpha value is -1.95. The first-order valence-electron chi connectivity index (χ1n) is 6.67. The molecule has 2 N–H and O–H groups in total. The second-order valence-electron chi connectivity index (χ2n) is 4.93. The zero-order chi connectivity index (χ0) is 15.1. The van der Waals surface area contributed by atoms with Gasteiger partial charge in [0.2, 0.25) is 5.91 Å². The van der Waals surface area contributed by atoms with E-state index < -0.39 is 4.92 Å². The summed E-state index contributed by atoms with van der Waals surface area (Å²) in [5.74, 6) is -0.0440. The summed E-state index contributed by atoms with van der Waals surface area (Å²) in [6.45, 7) is 2.37. The van der Waals surface area contributed by atoms with Crippen molar-refractivity contribution in [2.75, 3.05) is 7.05 Å². The summed E-state index contributed by atoms with van der Waals surface area (Å²) in [6.07, 6.45) is 2.07. The molecule has 0 aliphatic carbocycles. The number of hydrogen-bond donors (Lipinski definition) is 1. The minimum atomic E-state index is -0.442. The summed E-state index contributed by atoms with van der Waals surface area (Å²) in [5.41, 5.74) is 6.61. The molecule has 1 amide bonds. The summed E-state index contributed by atoms with van der Waals surface area (Å²) >= 11 is 0. The number of nitro groups is 1. The first kappa shape index (κ1) is 16.1. The molecule has 0 fully saturated rings. The molecule has 1 aromatic rings. The zero-order valence-corrected chi connectivity index (χ0v) is 11.9. The van der Waals surface area contributed by atoms with Gasteiger partial charge in [-0.05, 0) is 12.0 Å². The van der Waals surface area contributed by atoms with Crippen molar-refractivity contribution in [2.24, 2.45) is 5.73 Å². The third-order valence-electron chi connectivity index (χ3n) is 3.06. The normalized spacial score (nSPS) is 11.9. The van der Waals surface area contributed by atoms with Crippen LogP contribution in [0.1, 0.15) is 31.7 Å². The third kappa shape index (κ3) is 4.97. The van der Waals surface area contributed by atoms with E-state index in [4.69, 9.17) is 5.73 Å². The number of non-ortho nitro benzene ring substituents is 1. The molecule has 0 heterocycles. The standard InChI is InChI=1S/C14H21N3O3/c1-3-5-12(15)9-14(18)16(2)10-11-6-4-7-13(8-11)17(19)20/h4,6-8,12H,3,5,9-10,15H2,1-2H3. The van der Waals surface area contributed by atoms with Gasteiger partial charge in [0.15, 0.2) is 0 Å². The van der Waals surface area contributed by atoms with Crippen LogP contribution < -0.4 is 5.73 Å². The van der Waals surface area contributed by atoms with Gasteiger partial charge in [-0.1, -0.05) is 25.5 Å². The maximum absolute atomic E-state index is 12.0. The van der Waals surface area contributed by atoms with Crippen LogP contribution in [0.15, 0.2) is 24.3 Å². The van der Waals surface area contributed by atoms with Gasteiger partial charge < -0.3 is 10.6 Å². The van der Waals surface area contributed by atoms with E-state index in [1.165, 1.54) is 12.1 Å². The summed E-state index contributed by atoms with van der Waals surface area (Å²) in [5, 5.41) is 10.7. The molecule has 0 bridgehead atoms. The number of hydrogen-bond acceptors (Lipinski definition) is 4. The second kappa shape index (κ2) is 7.59. The van der Waals surface area contributed by atoms with Crippen molar-refractivity contribution in [3.05, 3.63) is 39.9 Å². The molecule has 0 aliphatic heterocycles. The lowest BCUT2D eigenvalue weighted by molar-refractivity contribution is -0.384. The van der Waals surface area contributed by atoms with E-state index in [-0.39, 0.29) is 17.6 Å². The highest BCUT2D eigenvalue weighted by Gasteiger charge is 2.14. The first-order valence-corrected chi connectivity index (χ1v) is 6.67. The largest absolute Gasteiger partial charge is 0.341 e. The van der Waals surface area contributed by atoms with Gasteiger partial charge in [0.25, 0.3) is 5.69 Å². The topological polar surface area (TPSA) is 89.5 Å². The van der Waals surface area contributed by atoms with E-state index >= 15 is 0 Å². The van der Waals surface area contributed by atoms with Crippen molar-refractivity contribution in [3.63, 3.8) is 0 Å². The molecule has 0 saturated carbocycles. The van der Waals surface area contributed by atoms with E-state index in [2.05, 4.69) is 0 Å². The maximum atomic E-state index is 12.0. The van der Waals surface area contributed by atoms with Crippen LogP contribution in [0.2, 0.25) is 0 Å². The Morgan fingerprint density at radius 3 is 2.80 bits per heavy atom. The van der Waals surface area contributed by atoms with Crippen LogP contribution in [0.5, 0.6) is 0 Å². The number of carbonyl (C=O) groups excluding carboxylic acids is 1. The molecule has 1 rings (SSSR count).